The molecule has 4 nitrogen and oxygen atoms in total. The van der Waals surface area contributed by atoms with Crippen molar-refractivity contribution in [3.63, 3.8) is 0 Å². The smallest absolute Gasteiger partial charge is 0.191 e. The van der Waals surface area contributed by atoms with Gasteiger partial charge in [-0.25, -0.2) is 0 Å². The standard InChI is InChI=1S/C12H23N3OS/c1-10-4-3-7-15(8-10)11(13)14-9-12(5-6-12)17(2)16/h10H,3-9H2,1-2H3,(H2,13,14). The molecule has 2 atom stereocenters. The van der Waals surface area contributed by atoms with Gasteiger partial charge in [0.15, 0.2) is 5.96 Å². The lowest BCUT2D eigenvalue weighted by atomic mass is 10.0. The van der Waals surface area contributed by atoms with E-state index in [0.29, 0.717) is 18.4 Å². The van der Waals surface area contributed by atoms with Gasteiger partial charge in [-0.3, -0.25) is 9.20 Å². The van der Waals surface area contributed by atoms with Crippen molar-refractivity contribution >= 4 is 16.8 Å². The molecule has 0 aromatic heterocycles. The number of rotatable bonds is 3. The van der Waals surface area contributed by atoms with E-state index in [9.17, 15) is 4.21 Å². The van der Waals surface area contributed by atoms with Crippen molar-refractivity contribution in [3.8, 4) is 0 Å². The monoisotopic (exact) mass is 257 g/mol. The van der Waals surface area contributed by atoms with Crippen LogP contribution in [0.5, 0.6) is 0 Å². The lowest BCUT2D eigenvalue weighted by Crippen LogP contribution is -2.44. The molecule has 5 heteroatoms. The summed E-state index contributed by atoms with van der Waals surface area (Å²) in [5.74, 6) is 1.35. The van der Waals surface area contributed by atoms with Crippen LogP contribution in [0.1, 0.15) is 32.6 Å². The normalized spacial score (nSPS) is 30.1. The number of likely N-dealkylation sites (tertiary alicyclic amines) is 1. The van der Waals surface area contributed by atoms with Crippen LogP contribution in [0.2, 0.25) is 0 Å². The molecule has 98 valence electrons. The zero-order valence-corrected chi connectivity index (χ0v) is 11.6. The van der Waals surface area contributed by atoms with Gasteiger partial charge in [0.2, 0.25) is 0 Å². The van der Waals surface area contributed by atoms with Crippen molar-refractivity contribution in [1.82, 2.24) is 4.90 Å². The van der Waals surface area contributed by atoms with E-state index in [-0.39, 0.29) is 4.75 Å². The maximum atomic E-state index is 11.6. The van der Waals surface area contributed by atoms with Crippen LogP contribution in [0, 0.1) is 5.92 Å². The molecule has 2 aliphatic rings. The molecule has 1 saturated carbocycles. The van der Waals surface area contributed by atoms with Gasteiger partial charge >= 0.3 is 0 Å². The highest BCUT2D eigenvalue weighted by atomic mass is 32.2. The Kier molecular flexibility index (Phi) is 3.76. The first-order valence-electron chi connectivity index (χ1n) is 6.42. The minimum Gasteiger partial charge on any atom is -0.370 e. The van der Waals surface area contributed by atoms with Gasteiger partial charge in [-0.05, 0) is 31.6 Å². The molecule has 2 fully saturated rings. The van der Waals surface area contributed by atoms with E-state index in [1.807, 2.05) is 0 Å². The SMILES string of the molecule is CC1CCCN(C(N)=NCC2(S(C)=O)CC2)C1. The van der Waals surface area contributed by atoms with E-state index >= 15 is 0 Å². The van der Waals surface area contributed by atoms with Crippen LogP contribution in [0.15, 0.2) is 4.99 Å². The van der Waals surface area contributed by atoms with Gasteiger partial charge in [0.05, 0.1) is 11.3 Å². The predicted octanol–water partition coefficient (Wildman–Crippen LogP) is 0.944. The topological polar surface area (TPSA) is 58.7 Å². The summed E-state index contributed by atoms with van der Waals surface area (Å²) in [5.41, 5.74) is 6.02. The highest BCUT2D eigenvalue weighted by Gasteiger charge is 2.46. The Morgan fingerprint density at radius 2 is 2.29 bits per heavy atom. The number of nitrogens with two attached hydrogens (primary N) is 1. The van der Waals surface area contributed by atoms with Crippen LogP contribution in [0.25, 0.3) is 0 Å². The van der Waals surface area contributed by atoms with Gasteiger partial charge in [0.1, 0.15) is 0 Å². The molecule has 1 heterocycles. The maximum Gasteiger partial charge on any atom is 0.191 e. The highest BCUT2D eigenvalue weighted by molar-refractivity contribution is 7.86. The molecular formula is C12H23N3OS. The molecule has 1 aliphatic heterocycles. The fourth-order valence-electron chi connectivity index (χ4n) is 2.40. The molecular weight excluding hydrogens is 234 g/mol. The number of aliphatic imine (C=N–C) groups is 1. The van der Waals surface area contributed by atoms with Gasteiger partial charge < -0.3 is 10.6 Å². The zero-order valence-electron chi connectivity index (χ0n) is 10.8. The second kappa shape index (κ2) is 4.96. The Bertz CT molecular complexity index is 339. The Labute approximate surface area is 106 Å². The van der Waals surface area contributed by atoms with Crippen molar-refractivity contribution in [2.75, 3.05) is 25.9 Å². The molecule has 1 aliphatic carbocycles. The molecule has 0 bridgehead atoms. The van der Waals surface area contributed by atoms with E-state index in [2.05, 4.69) is 16.8 Å². The quantitative estimate of drug-likeness (QED) is 0.605. The van der Waals surface area contributed by atoms with E-state index < -0.39 is 10.8 Å². The number of hydrogen-bond donors (Lipinski definition) is 1. The fourth-order valence-corrected chi connectivity index (χ4v) is 3.32. The van der Waals surface area contributed by atoms with E-state index in [0.717, 1.165) is 25.9 Å². The van der Waals surface area contributed by atoms with Crippen LogP contribution in [0.3, 0.4) is 0 Å². The van der Waals surface area contributed by atoms with Crippen LogP contribution < -0.4 is 5.73 Å². The molecule has 2 unspecified atom stereocenters. The van der Waals surface area contributed by atoms with Crippen molar-refractivity contribution in [3.05, 3.63) is 0 Å². The van der Waals surface area contributed by atoms with E-state index in [4.69, 9.17) is 5.73 Å². The Morgan fingerprint density at radius 3 is 2.82 bits per heavy atom. The minimum absolute atomic E-state index is 0.0496. The number of piperidine rings is 1. The molecule has 1 saturated heterocycles. The number of guanidine groups is 1. The van der Waals surface area contributed by atoms with Gasteiger partial charge in [-0.15, -0.1) is 0 Å². The molecule has 2 rings (SSSR count). The highest BCUT2D eigenvalue weighted by Crippen LogP contribution is 2.41. The minimum atomic E-state index is -0.774. The second-order valence-electron chi connectivity index (χ2n) is 5.50. The Morgan fingerprint density at radius 1 is 1.59 bits per heavy atom. The predicted molar refractivity (Wildman–Crippen MR) is 72.5 cm³/mol. The number of nitrogens with zero attached hydrogens (tertiary/aromatic N) is 2. The van der Waals surface area contributed by atoms with Gasteiger partial charge in [-0.1, -0.05) is 6.92 Å². The second-order valence-corrected chi connectivity index (χ2v) is 7.28. The summed E-state index contributed by atoms with van der Waals surface area (Å²) < 4.78 is 11.5. The van der Waals surface area contributed by atoms with Gasteiger partial charge in [0.25, 0.3) is 0 Å². The fraction of sp³-hybridized carbons (Fsp3) is 0.917. The third kappa shape index (κ3) is 3.00. The summed E-state index contributed by atoms with van der Waals surface area (Å²) in [4.78, 5) is 6.63. The lowest BCUT2D eigenvalue weighted by molar-refractivity contribution is 0.270. The summed E-state index contributed by atoms with van der Waals surface area (Å²) in [6.07, 6.45) is 6.32. The van der Waals surface area contributed by atoms with Crippen molar-refractivity contribution < 1.29 is 4.21 Å². The van der Waals surface area contributed by atoms with Crippen LogP contribution in [-0.2, 0) is 10.8 Å². The molecule has 0 amide bonds. The third-order valence-electron chi connectivity index (χ3n) is 3.93. The lowest BCUT2D eigenvalue weighted by Gasteiger charge is -2.31. The summed E-state index contributed by atoms with van der Waals surface area (Å²) in [5, 5.41) is 0. The summed E-state index contributed by atoms with van der Waals surface area (Å²) in [6, 6.07) is 0. The molecule has 0 aromatic carbocycles. The van der Waals surface area contributed by atoms with Crippen molar-refractivity contribution in [2.45, 2.75) is 37.4 Å². The average Bonchev–Trinajstić information content (AvgIpc) is 3.07. The summed E-state index contributed by atoms with van der Waals surface area (Å²) >= 11 is 0. The average molecular weight is 257 g/mol. The van der Waals surface area contributed by atoms with Crippen molar-refractivity contribution in [2.24, 2.45) is 16.6 Å². The largest absolute Gasteiger partial charge is 0.370 e. The first-order chi connectivity index (χ1) is 8.03. The molecule has 17 heavy (non-hydrogen) atoms. The number of hydrogen-bond acceptors (Lipinski definition) is 2. The third-order valence-corrected chi connectivity index (χ3v) is 5.68. The Balaban J connectivity index is 1.90. The van der Waals surface area contributed by atoms with Crippen molar-refractivity contribution in [1.29, 1.82) is 0 Å². The van der Waals surface area contributed by atoms with E-state index in [1.165, 1.54) is 12.8 Å². The van der Waals surface area contributed by atoms with Crippen LogP contribution in [-0.4, -0.2) is 45.7 Å². The summed E-state index contributed by atoms with van der Waals surface area (Å²) in [6.45, 7) is 4.91. The molecule has 0 radical (unpaired) electrons. The molecule has 2 N–H and O–H groups in total. The first kappa shape index (κ1) is 12.9. The van der Waals surface area contributed by atoms with Gasteiger partial charge in [-0.2, -0.15) is 0 Å². The Hall–Kier alpha value is -0.580. The maximum absolute atomic E-state index is 11.6. The van der Waals surface area contributed by atoms with Crippen LogP contribution >= 0.6 is 0 Å². The molecule has 0 aromatic rings. The van der Waals surface area contributed by atoms with E-state index in [1.54, 1.807) is 6.26 Å². The van der Waals surface area contributed by atoms with Crippen LogP contribution in [0.4, 0.5) is 0 Å². The molecule has 0 spiro atoms. The first-order valence-corrected chi connectivity index (χ1v) is 7.98. The summed E-state index contributed by atoms with van der Waals surface area (Å²) in [7, 11) is -0.774. The zero-order chi connectivity index (χ0) is 12.5. The van der Waals surface area contributed by atoms with Gasteiger partial charge in [0, 0.05) is 30.1 Å².